The van der Waals surface area contributed by atoms with Crippen molar-refractivity contribution in [3.05, 3.63) is 77.9 Å². The minimum Gasteiger partial charge on any atom is -0.480 e. The monoisotopic (exact) mass is 1310 g/mol. The zero-order valence-electron chi connectivity index (χ0n) is 57.8. The second kappa shape index (κ2) is 37.9. The number of hydrogen-bond donors (Lipinski definition) is 8. The molecule has 0 bridgehead atoms. The van der Waals surface area contributed by atoms with E-state index in [-0.39, 0.29) is 98.4 Å². The lowest BCUT2D eigenvalue weighted by atomic mass is 9.77. The van der Waals surface area contributed by atoms with Gasteiger partial charge in [-0.2, -0.15) is 0 Å². The third-order valence-electron chi connectivity index (χ3n) is 18.2. The van der Waals surface area contributed by atoms with E-state index in [4.69, 9.17) is 15.2 Å². The number of ether oxygens (including phenoxy) is 2. The first-order chi connectivity index (χ1) is 44.4. The number of methoxy groups -OCH3 is 2. The molecule has 0 spiro atoms. The van der Waals surface area contributed by atoms with Crippen molar-refractivity contribution in [1.29, 1.82) is 0 Å². The zero-order valence-corrected chi connectivity index (χ0v) is 57.8. The Hall–Kier alpha value is -7.77. The second-order valence-electron chi connectivity index (χ2n) is 26.7. The van der Waals surface area contributed by atoms with Gasteiger partial charge in [0.25, 0.3) is 11.8 Å². The quantitative estimate of drug-likeness (QED) is 0.0323. The van der Waals surface area contributed by atoms with Gasteiger partial charge in [0.1, 0.15) is 24.2 Å². The highest BCUT2D eigenvalue weighted by Gasteiger charge is 2.46. The SMILES string of the molecule is CCC(C)(C)C(C(CC(=O)N1CCCC1C(OC)C(C)C(=O)NC(Cc1ccccc1)C(=O)O)OC)N(C)C(=O)C(NC(=O)C(C(C)C)N(C)CCc1ccc(NC(=O)C(CCCNC(N)=O)NC(=O)C(NC(=O)CCCCCN2C(=O)C=CC2=O)C(C)C)cc1)C(C)C. The van der Waals surface area contributed by atoms with Gasteiger partial charge >= 0.3 is 12.0 Å². The molecule has 25 nitrogen and oxygen atoms in total. The van der Waals surface area contributed by atoms with E-state index in [9.17, 15) is 57.8 Å². The second-order valence-corrected chi connectivity index (χ2v) is 26.7. The molecule has 94 heavy (non-hydrogen) atoms. The van der Waals surface area contributed by atoms with Crippen molar-refractivity contribution in [3.8, 4) is 0 Å². The van der Waals surface area contributed by atoms with E-state index in [1.54, 1.807) is 74.0 Å². The molecule has 0 saturated carbocycles. The average Bonchev–Trinajstić information content (AvgIpc) is 1.23. The predicted molar refractivity (Wildman–Crippen MR) is 357 cm³/mol. The van der Waals surface area contributed by atoms with Crippen LogP contribution in [0.25, 0.3) is 0 Å². The number of nitrogens with zero attached hydrogens (tertiary/aromatic N) is 4. The van der Waals surface area contributed by atoms with Gasteiger partial charge in [0.15, 0.2) is 0 Å². The lowest BCUT2D eigenvalue weighted by Gasteiger charge is -2.45. The standard InChI is InChI=1S/C69H107N11O14/c1-15-69(9,10)61(52(93-13)41-56(84)79-38-23-27-51(79)60(94-14)45(8)62(85)74-50(67(90)91)40-47-24-18-16-19-25-47)78(12)66(89)58(43(4)5)76-65(88)59(44(6)7)77(11)39-35-46-29-31-48(32-30-46)72-63(86)49(26-22-36-71-68(70)92)73-64(87)57(42(2)3)75-53(81)28-20-17-21-37-80-54(82)33-34-55(80)83/h16,18-19,24-25,29-34,42-45,49-52,57-61H,15,17,20-23,26-28,35-41H2,1-14H3,(H,72,86)(H,73,87)(H,74,85)(H,75,81)(H,76,88)(H,90,91)(H3,70,71,92). The summed E-state index contributed by atoms with van der Waals surface area (Å²) in [6.07, 6.45) is 5.25. The molecule has 10 atom stereocenters. The van der Waals surface area contributed by atoms with Crippen LogP contribution in [0.5, 0.6) is 0 Å². The number of anilines is 1. The number of hydrogen-bond acceptors (Lipinski definition) is 14. The fourth-order valence-corrected chi connectivity index (χ4v) is 12.5. The number of carboxylic acids is 1. The van der Waals surface area contributed by atoms with E-state index < -0.39 is 95.6 Å². The molecule has 0 aromatic heterocycles. The van der Waals surface area contributed by atoms with Gasteiger partial charge in [-0.1, -0.05) is 118 Å². The van der Waals surface area contributed by atoms with Crippen molar-refractivity contribution < 1.29 is 67.3 Å². The maximum atomic E-state index is 15.0. The Morgan fingerprint density at radius 1 is 0.723 bits per heavy atom. The van der Waals surface area contributed by atoms with Crippen molar-refractivity contribution >= 4 is 70.9 Å². The molecule has 522 valence electrons. The molecule has 2 aliphatic rings. The summed E-state index contributed by atoms with van der Waals surface area (Å²) in [7, 11) is 6.52. The number of unbranched alkanes of at least 4 members (excludes halogenated alkanes) is 2. The van der Waals surface area contributed by atoms with E-state index in [2.05, 4.69) is 31.9 Å². The lowest BCUT2D eigenvalue weighted by Crippen LogP contribution is -2.61. The number of imide groups is 1. The van der Waals surface area contributed by atoms with Crippen molar-refractivity contribution in [2.45, 2.75) is 201 Å². The number of likely N-dealkylation sites (N-methyl/N-ethyl adjacent to an activating group) is 2. The molecule has 25 heteroatoms. The van der Waals surface area contributed by atoms with Gasteiger partial charge in [-0.05, 0) is 105 Å². The summed E-state index contributed by atoms with van der Waals surface area (Å²) in [6.45, 7) is 20.1. The Morgan fingerprint density at radius 3 is 1.91 bits per heavy atom. The Bertz CT molecular complexity index is 2890. The summed E-state index contributed by atoms with van der Waals surface area (Å²) in [4.78, 5) is 152. The molecule has 1 fully saturated rings. The van der Waals surface area contributed by atoms with Gasteiger partial charge < -0.3 is 62.0 Å². The van der Waals surface area contributed by atoms with Crippen LogP contribution in [0, 0.1) is 29.1 Å². The highest BCUT2D eigenvalue weighted by atomic mass is 16.5. The molecule has 0 radical (unpaired) electrons. The van der Waals surface area contributed by atoms with E-state index >= 15 is 0 Å². The first-order valence-electron chi connectivity index (χ1n) is 33.1. The number of nitrogens with one attached hydrogen (secondary N) is 6. The summed E-state index contributed by atoms with van der Waals surface area (Å²) in [6, 6.07) is 9.46. The van der Waals surface area contributed by atoms with Crippen molar-refractivity contribution in [2.24, 2.45) is 34.8 Å². The molecule has 2 aliphatic heterocycles. The fourth-order valence-electron chi connectivity index (χ4n) is 12.5. The molecule has 10 unspecified atom stereocenters. The maximum absolute atomic E-state index is 15.0. The highest BCUT2D eigenvalue weighted by Crippen LogP contribution is 2.35. The third-order valence-corrected chi connectivity index (χ3v) is 18.2. The fraction of sp³-hybridized carbons (Fsp3) is 0.638. The van der Waals surface area contributed by atoms with Gasteiger partial charge in [0, 0.05) is 78.1 Å². The summed E-state index contributed by atoms with van der Waals surface area (Å²) in [5.74, 6) is -6.51. The normalized spacial score (nSPS) is 17.0. The molecule has 2 heterocycles. The topological polar surface area (TPSA) is 338 Å². The number of nitrogens with two attached hydrogens (primary N) is 1. The van der Waals surface area contributed by atoms with E-state index in [1.807, 2.05) is 78.6 Å². The van der Waals surface area contributed by atoms with E-state index in [1.165, 1.54) is 26.4 Å². The molecule has 1 saturated heterocycles. The third kappa shape index (κ3) is 23.3. The first-order valence-corrected chi connectivity index (χ1v) is 33.1. The van der Waals surface area contributed by atoms with Crippen LogP contribution in [-0.4, -0.2) is 199 Å². The molecule has 11 amide bonds. The zero-order chi connectivity index (χ0) is 70.1. The molecule has 9 N–H and O–H groups in total. The Morgan fingerprint density at radius 2 is 1.35 bits per heavy atom. The number of carboxylic acid groups (broad SMARTS) is 1. The summed E-state index contributed by atoms with van der Waals surface area (Å²) in [5.41, 5.74) is 6.77. The Balaban J connectivity index is 1.40. The van der Waals surface area contributed by atoms with Crippen LogP contribution < -0.4 is 37.6 Å². The van der Waals surface area contributed by atoms with Gasteiger partial charge in [-0.3, -0.25) is 53.0 Å². The number of urea groups is 1. The number of carbonyl (C=O) groups excluding carboxylic acids is 10. The van der Waals surface area contributed by atoms with Gasteiger partial charge in [0.05, 0.1) is 42.7 Å². The first kappa shape index (κ1) is 78.7. The number of rotatable bonds is 40. The Kier molecular flexibility index (Phi) is 31.8. The van der Waals surface area contributed by atoms with Crippen LogP contribution in [0.1, 0.15) is 145 Å². The molecule has 4 rings (SSSR count). The summed E-state index contributed by atoms with van der Waals surface area (Å²) < 4.78 is 12.1. The van der Waals surface area contributed by atoms with Gasteiger partial charge in [0.2, 0.25) is 41.4 Å². The number of primary amides is 1. The average molecular weight is 1310 g/mol. The predicted octanol–water partition coefficient (Wildman–Crippen LogP) is 4.95. The molecular weight excluding hydrogens is 1210 g/mol. The molecule has 2 aromatic carbocycles. The van der Waals surface area contributed by atoms with Crippen LogP contribution in [0.4, 0.5) is 10.5 Å². The van der Waals surface area contributed by atoms with Crippen LogP contribution in [0.2, 0.25) is 0 Å². The minimum atomic E-state index is -1.18. The van der Waals surface area contributed by atoms with Crippen LogP contribution in [-0.2, 0) is 70.3 Å². The Labute approximate surface area is 555 Å². The largest absolute Gasteiger partial charge is 0.480 e. The van der Waals surface area contributed by atoms with E-state index in [0.29, 0.717) is 63.7 Å². The minimum absolute atomic E-state index is 0.0880. The smallest absolute Gasteiger partial charge is 0.326 e. The highest BCUT2D eigenvalue weighted by molar-refractivity contribution is 6.12. The van der Waals surface area contributed by atoms with Crippen molar-refractivity contribution in [3.63, 3.8) is 0 Å². The molecule has 0 aliphatic carbocycles. The summed E-state index contributed by atoms with van der Waals surface area (Å²) in [5, 5.41) is 26.8. The number of amides is 11. The lowest BCUT2D eigenvalue weighted by molar-refractivity contribution is -0.150. The van der Waals surface area contributed by atoms with Crippen LogP contribution >= 0.6 is 0 Å². The molecular formula is C69H107N11O14. The summed E-state index contributed by atoms with van der Waals surface area (Å²) >= 11 is 0. The van der Waals surface area contributed by atoms with Crippen LogP contribution in [0.15, 0.2) is 66.7 Å². The van der Waals surface area contributed by atoms with Gasteiger partial charge in [-0.15, -0.1) is 0 Å². The number of aliphatic carboxylic acids is 1. The molecule has 2 aromatic rings. The van der Waals surface area contributed by atoms with Gasteiger partial charge in [-0.25, -0.2) is 9.59 Å². The van der Waals surface area contributed by atoms with Crippen LogP contribution in [0.3, 0.4) is 0 Å². The number of benzene rings is 2. The van der Waals surface area contributed by atoms with Crippen molar-refractivity contribution in [2.75, 3.05) is 59.8 Å². The van der Waals surface area contributed by atoms with E-state index in [0.717, 1.165) is 16.0 Å². The van der Waals surface area contributed by atoms with Crippen molar-refractivity contribution in [1.82, 2.24) is 46.2 Å². The maximum Gasteiger partial charge on any atom is 0.326 e. The number of carbonyl (C=O) groups is 11. The number of likely N-dealkylation sites (tertiary alicyclic amines) is 1.